The third kappa shape index (κ3) is 2.77. The van der Waals surface area contributed by atoms with Crippen LogP contribution in [0.25, 0.3) is 10.6 Å². The zero-order chi connectivity index (χ0) is 13.1. The lowest BCUT2D eigenvalue weighted by Crippen LogP contribution is -2.08. The fourth-order valence-corrected chi connectivity index (χ4v) is 2.35. The van der Waals surface area contributed by atoms with Crippen molar-refractivity contribution in [3.05, 3.63) is 23.2 Å². The van der Waals surface area contributed by atoms with Crippen molar-refractivity contribution < 1.29 is 4.79 Å². The van der Waals surface area contributed by atoms with Crippen LogP contribution in [0.3, 0.4) is 0 Å². The first-order chi connectivity index (χ1) is 8.60. The van der Waals surface area contributed by atoms with Gasteiger partial charge in [-0.2, -0.15) is 0 Å². The molecule has 5 nitrogen and oxygen atoms in total. The Bertz CT molecular complexity index is 584. The van der Waals surface area contributed by atoms with Crippen molar-refractivity contribution in [2.45, 2.75) is 13.3 Å². The van der Waals surface area contributed by atoms with Gasteiger partial charge in [0.05, 0.1) is 5.02 Å². The van der Waals surface area contributed by atoms with Gasteiger partial charge in [0.15, 0.2) is 5.01 Å². The Morgan fingerprint density at radius 2 is 2.28 bits per heavy atom. The molecule has 3 N–H and O–H groups in total. The maximum atomic E-state index is 11.2. The molecule has 0 radical (unpaired) electrons. The van der Waals surface area contributed by atoms with E-state index in [4.69, 9.17) is 17.3 Å². The Morgan fingerprint density at radius 3 is 3.00 bits per heavy atom. The van der Waals surface area contributed by atoms with Crippen LogP contribution in [0.15, 0.2) is 18.2 Å². The number of benzene rings is 1. The number of aromatic nitrogens is 2. The Kier molecular flexibility index (Phi) is 3.78. The predicted octanol–water partition coefficient (Wildman–Crippen LogP) is 2.79. The number of carbonyl (C=O) groups excluding carboxylic acids is 1. The zero-order valence-corrected chi connectivity index (χ0v) is 11.2. The van der Waals surface area contributed by atoms with Gasteiger partial charge in [0.25, 0.3) is 0 Å². The lowest BCUT2D eigenvalue weighted by molar-refractivity contribution is -0.115. The van der Waals surface area contributed by atoms with Gasteiger partial charge in [-0.25, -0.2) is 0 Å². The molecule has 94 valence electrons. The summed E-state index contributed by atoms with van der Waals surface area (Å²) in [5.41, 5.74) is 7.02. The van der Waals surface area contributed by atoms with E-state index in [1.54, 1.807) is 25.1 Å². The number of nitrogens with two attached hydrogens (primary N) is 1. The quantitative estimate of drug-likeness (QED) is 0.848. The van der Waals surface area contributed by atoms with Crippen LogP contribution in [0.5, 0.6) is 0 Å². The highest BCUT2D eigenvalue weighted by Gasteiger charge is 2.11. The first-order valence-corrected chi connectivity index (χ1v) is 6.48. The SMILES string of the molecule is CCC(=O)Nc1nnc(-c2cc(N)ccc2Cl)s1. The molecule has 0 atom stereocenters. The van der Waals surface area contributed by atoms with Crippen molar-refractivity contribution in [3.8, 4) is 10.6 Å². The van der Waals surface area contributed by atoms with Crippen molar-refractivity contribution in [2.75, 3.05) is 11.1 Å². The van der Waals surface area contributed by atoms with Crippen molar-refractivity contribution in [2.24, 2.45) is 0 Å². The van der Waals surface area contributed by atoms with Crippen LogP contribution in [0.2, 0.25) is 5.02 Å². The summed E-state index contributed by atoms with van der Waals surface area (Å²) in [4.78, 5) is 11.2. The van der Waals surface area contributed by atoms with Crippen molar-refractivity contribution in [1.29, 1.82) is 0 Å². The minimum Gasteiger partial charge on any atom is -0.399 e. The molecule has 7 heteroatoms. The molecule has 18 heavy (non-hydrogen) atoms. The van der Waals surface area contributed by atoms with Gasteiger partial charge >= 0.3 is 0 Å². The average molecular weight is 283 g/mol. The second-order valence-corrected chi connectivity index (χ2v) is 4.94. The van der Waals surface area contributed by atoms with Crippen LogP contribution >= 0.6 is 22.9 Å². The summed E-state index contributed by atoms with van der Waals surface area (Å²) >= 11 is 7.33. The van der Waals surface area contributed by atoms with E-state index >= 15 is 0 Å². The smallest absolute Gasteiger partial charge is 0.225 e. The van der Waals surface area contributed by atoms with E-state index in [-0.39, 0.29) is 5.91 Å². The maximum Gasteiger partial charge on any atom is 0.225 e. The molecule has 0 saturated heterocycles. The fourth-order valence-electron chi connectivity index (χ4n) is 1.30. The van der Waals surface area contributed by atoms with Crippen LogP contribution in [-0.2, 0) is 4.79 Å². The number of anilines is 2. The number of nitrogens with one attached hydrogen (secondary N) is 1. The number of rotatable bonds is 3. The predicted molar refractivity (Wildman–Crippen MR) is 73.7 cm³/mol. The molecule has 0 spiro atoms. The van der Waals surface area contributed by atoms with E-state index in [1.807, 2.05) is 0 Å². The highest BCUT2D eigenvalue weighted by atomic mass is 35.5. The molecule has 0 saturated carbocycles. The van der Waals surface area contributed by atoms with Crippen LogP contribution in [0.1, 0.15) is 13.3 Å². The second kappa shape index (κ2) is 5.32. The van der Waals surface area contributed by atoms with E-state index < -0.39 is 0 Å². The largest absolute Gasteiger partial charge is 0.399 e. The van der Waals surface area contributed by atoms with Gasteiger partial charge in [-0.3, -0.25) is 4.79 Å². The van der Waals surface area contributed by atoms with Gasteiger partial charge in [0.2, 0.25) is 11.0 Å². The molecule has 0 fully saturated rings. The Balaban J connectivity index is 2.29. The van der Waals surface area contributed by atoms with Crippen LogP contribution < -0.4 is 11.1 Å². The van der Waals surface area contributed by atoms with Gasteiger partial charge in [-0.15, -0.1) is 10.2 Å². The topological polar surface area (TPSA) is 80.9 Å². The van der Waals surface area contributed by atoms with Crippen molar-refractivity contribution in [1.82, 2.24) is 10.2 Å². The van der Waals surface area contributed by atoms with E-state index in [9.17, 15) is 4.79 Å². The minimum atomic E-state index is -0.101. The molecule has 0 aliphatic carbocycles. The van der Waals surface area contributed by atoms with Gasteiger partial charge in [0, 0.05) is 17.7 Å². The van der Waals surface area contributed by atoms with E-state index in [0.29, 0.717) is 32.8 Å². The first-order valence-electron chi connectivity index (χ1n) is 5.29. The summed E-state index contributed by atoms with van der Waals surface area (Å²) < 4.78 is 0. The minimum absolute atomic E-state index is 0.101. The number of nitrogen functional groups attached to an aromatic ring is 1. The molecule has 0 aliphatic heterocycles. The van der Waals surface area contributed by atoms with Gasteiger partial charge in [-0.05, 0) is 18.2 Å². The molecule has 0 bridgehead atoms. The normalized spacial score (nSPS) is 10.3. The molecular formula is C11H11ClN4OS. The zero-order valence-electron chi connectivity index (χ0n) is 9.61. The number of amides is 1. The molecule has 2 aromatic rings. The van der Waals surface area contributed by atoms with E-state index in [0.717, 1.165) is 0 Å². The molecule has 1 aromatic carbocycles. The standard InChI is InChI=1S/C11H11ClN4OS/c1-2-9(17)14-11-16-15-10(18-11)7-5-6(13)3-4-8(7)12/h3-5H,2,13H2,1H3,(H,14,16,17). The monoisotopic (exact) mass is 282 g/mol. The fraction of sp³-hybridized carbons (Fsp3) is 0.182. The summed E-state index contributed by atoms with van der Waals surface area (Å²) in [5, 5.41) is 12.2. The molecule has 0 unspecified atom stereocenters. The van der Waals surface area contributed by atoms with Crippen LogP contribution in [0, 0.1) is 0 Å². The Labute approximate surface area is 113 Å². The van der Waals surface area contributed by atoms with Gasteiger partial charge in [0.1, 0.15) is 0 Å². The van der Waals surface area contributed by atoms with Gasteiger partial charge in [-0.1, -0.05) is 29.9 Å². The maximum absolute atomic E-state index is 11.2. The van der Waals surface area contributed by atoms with Gasteiger partial charge < -0.3 is 11.1 Å². The summed E-state index contributed by atoms with van der Waals surface area (Å²) in [5.74, 6) is -0.101. The molecule has 1 amide bonds. The Hall–Kier alpha value is -1.66. The Morgan fingerprint density at radius 1 is 1.50 bits per heavy atom. The number of halogens is 1. The number of hydrogen-bond donors (Lipinski definition) is 2. The lowest BCUT2D eigenvalue weighted by atomic mass is 10.2. The molecule has 0 aliphatic rings. The van der Waals surface area contributed by atoms with Crippen molar-refractivity contribution >= 4 is 39.7 Å². The highest BCUT2D eigenvalue weighted by molar-refractivity contribution is 7.18. The second-order valence-electron chi connectivity index (χ2n) is 3.55. The first kappa shape index (κ1) is 12.8. The van der Waals surface area contributed by atoms with E-state index in [1.165, 1.54) is 11.3 Å². The summed E-state index contributed by atoms with van der Waals surface area (Å²) in [6, 6.07) is 5.15. The summed E-state index contributed by atoms with van der Waals surface area (Å²) in [7, 11) is 0. The molecular weight excluding hydrogens is 272 g/mol. The van der Waals surface area contributed by atoms with Crippen LogP contribution in [0.4, 0.5) is 10.8 Å². The van der Waals surface area contributed by atoms with Crippen molar-refractivity contribution in [3.63, 3.8) is 0 Å². The number of hydrogen-bond acceptors (Lipinski definition) is 5. The summed E-state index contributed by atoms with van der Waals surface area (Å²) in [6.45, 7) is 1.77. The molecule has 1 heterocycles. The molecule has 1 aromatic heterocycles. The average Bonchev–Trinajstić information content (AvgIpc) is 2.80. The summed E-state index contributed by atoms with van der Waals surface area (Å²) in [6.07, 6.45) is 0.397. The molecule has 2 rings (SSSR count). The number of carbonyl (C=O) groups is 1. The van der Waals surface area contributed by atoms with E-state index in [2.05, 4.69) is 15.5 Å². The third-order valence-electron chi connectivity index (χ3n) is 2.21. The number of nitrogens with zero attached hydrogens (tertiary/aromatic N) is 2. The third-order valence-corrected chi connectivity index (χ3v) is 3.41. The lowest BCUT2D eigenvalue weighted by Gasteiger charge is -2.00. The van der Waals surface area contributed by atoms with Crippen LogP contribution in [-0.4, -0.2) is 16.1 Å². The highest BCUT2D eigenvalue weighted by Crippen LogP contribution is 2.33.